The van der Waals surface area contributed by atoms with Gasteiger partial charge in [0, 0.05) is 42.8 Å². The molecule has 2 rings (SSSR count). The Bertz CT molecular complexity index is 511. The van der Waals surface area contributed by atoms with E-state index in [1.807, 2.05) is 0 Å². The minimum Gasteiger partial charge on any atom is -0.350 e. The molecule has 92 valence electrons. The molecule has 2 aromatic rings. The van der Waals surface area contributed by atoms with Crippen LogP contribution in [0.15, 0.2) is 30.5 Å². The van der Waals surface area contributed by atoms with Crippen molar-refractivity contribution >= 4 is 10.9 Å². The molecule has 17 heavy (non-hydrogen) atoms. The number of nitrogens with one attached hydrogen (secondary N) is 1. The van der Waals surface area contributed by atoms with Crippen LogP contribution in [0.2, 0.25) is 0 Å². The molecule has 0 saturated heterocycles. The maximum absolute atomic E-state index is 5.52. The van der Waals surface area contributed by atoms with Crippen LogP contribution in [-0.2, 0) is 12.5 Å². The summed E-state index contributed by atoms with van der Waals surface area (Å²) in [5.41, 5.74) is 8.25. The first-order valence-corrected chi connectivity index (χ1v) is 6.01. The van der Waals surface area contributed by atoms with E-state index in [9.17, 15) is 0 Å². The van der Waals surface area contributed by atoms with Crippen molar-refractivity contribution in [3.05, 3.63) is 36.0 Å². The minimum atomic E-state index is 0.0836. The van der Waals surface area contributed by atoms with Gasteiger partial charge >= 0.3 is 0 Å². The number of fused-ring (bicyclic) bond motifs is 1. The first-order valence-electron chi connectivity index (χ1n) is 6.01. The van der Waals surface area contributed by atoms with Crippen molar-refractivity contribution in [2.45, 2.75) is 19.3 Å². The van der Waals surface area contributed by atoms with Gasteiger partial charge < -0.3 is 15.6 Å². The summed E-state index contributed by atoms with van der Waals surface area (Å²) in [6.07, 6.45) is 2.23. The number of rotatable bonds is 4. The van der Waals surface area contributed by atoms with Gasteiger partial charge in [0.2, 0.25) is 0 Å². The van der Waals surface area contributed by atoms with Crippen molar-refractivity contribution in [2.75, 3.05) is 13.2 Å². The van der Waals surface area contributed by atoms with Crippen LogP contribution in [0.4, 0.5) is 0 Å². The van der Waals surface area contributed by atoms with Gasteiger partial charge in [-0.2, -0.15) is 0 Å². The largest absolute Gasteiger partial charge is 0.350 e. The van der Waals surface area contributed by atoms with Gasteiger partial charge in [0.1, 0.15) is 0 Å². The molecule has 3 nitrogen and oxygen atoms in total. The molecule has 1 aromatic carbocycles. The Morgan fingerprint density at radius 3 is 2.71 bits per heavy atom. The molecule has 0 fully saturated rings. The standard InChI is InChI=1S/C14H21N3/c1-14(2,9-16-10-15)12-8-17(3)13-7-5-4-6-11(12)13/h4-8,16H,9-10,15H2,1-3H3. The van der Waals surface area contributed by atoms with Gasteiger partial charge in [-0.05, 0) is 11.6 Å². The van der Waals surface area contributed by atoms with Crippen molar-refractivity contribution < 1.29 is 0 Å². The lowest BCUT2D eigenvalue weighted by Gasteiger charge is -2.24. The number of nitrogens with two attached hydrogens (primary N) is 1. The maximum Gasteiger partial charge on any atom is 0.0480 e. The molecule has 0 aliphatic heterocycles. The number of para-hydroxylation sites is 1. The summed E-state index contributed by atoms with van der Waals surface area (Å²) in [6, 6.07) is 8.52. The predicted molar refractivity (Wildman–Crippen MR) is 73.0 cm³/mol. The Labute approximate surface area is 103 Å². The van der Waals surface area contributed by atoms with Crippen LogP contribution < -0.4 is 11.1 Å². The number of benzene rings is 1. The minimum absolute atomic E-state index is 0.0836. The van der Waals surface area contributed by atoms with Gasteiger partial charge in [0.25, 0.3) is 0 Å². The van der Waals surface area contributed by atoms with Crippen LogP contribution in [-0.4, -0.2) is 17.8 Å². The molecule has 3 N–H and O–H groups in total. The van der Waals surface area contributed by atoms with E-state index in [-0.39, 0.29) is 5.41 Å². The van der Waals surface area contributed by atoms with Crippen molar-refractivity contribution in [2.24, 2.45) is 12.8 Å². The zero-order chi connectivity index (χ0) is 12.5. The smallest absolute Gasteiger partial charge is 0.0480 e. The van der Waals surface area contributed by atoms with Crippen molar-refractivity contribution in [3.63, 3.8) is 0 Å². The lowest BCUT2D eigenvalue weighted by molar-refractivity contribution is 0.477. The molecule has 0 aliphatic carbocycles. The second-order valence-corrected chi connectivity index (χ2v) is 5.19. The number of aromatic nitrogens is 1. The highest BCUT2D eigenvalue weighted by atomic mass is 15.0. The molecule has 0 aliphatic rings. The first kappa shape index (κ1) is 12.1. The second kappa shape index (κ2) is 4.51. The highest BCUT2D eigenvalue weighted by Gasteiger charge is 2.24. The monoisotopic (exact) mass is 231 g/mol. The maximum atomic E-state index is 5.52. The van der Waals surface area contributed by atoms with E-state index in [4.69, 9.17) is 5.73 Å². The van der Waals surface area contributed by atoms with Gasteiger partial charge in [-0.1, -0.05) is 32.0 Å². The second-order valence-electron chi connectivity index (χ2n) is 5.19. The molecule has 0 radical (unpaired) electrons. The van der Waals surface area contributed by atoms with Crippen LogP contribution in [0.25, 0.3) is 10.9 Å². The average molecular weight is 231 g/mol. The van der Waals surface area contributed by atoms with E-state index in [1.165, 1.54) is 16.5 Å². The number of nitrogens with zero attached hydrogens (tertiary/aromatic N) is 1. The van der Waals surface area contributed by atoms with Crippen molar-refractivity contribution in [1.82, 2.24) is 9.88 Å². The number of hydrogen-bond acceptors (Lipinski definition) is 2. The third-order valence-electron chi connectivity index (χ3n) is 3.34. The summed E-state index contributed by atoms with van der Waals surface area (Å²) in [5, 5.41) is 4.56. The molecule has 0 saturated carbocycles. The average Bonchev–Trinajstić information content (AvgIpc) is 2.66. The van der Waals surface area contributed by atoms with Gasteiger partial charge in [-0.15, -0.1) is 0 Å². The van der Waals surface area contributed by atoms with Crippen molar-refractivity contribution in [1.29, 1.82) is 0 Å². The summed E-state index contributed by atoms with van der Waals surface area (Å²) in [5.74, 6) is 0. The summed E-state index contributed by atoms with van der Waals surface area (Å²) >= 11 is 0. The fourth-order valence-electron chi connectivity index (χ4n) is 2.36. The number of hydrogen-bond donors (Lipinski definition) is 2. The van der Waals surface area contributed by atoms with E-state index >= 15 is 0 Å². The van der Waals surface area contributed by atoms with E-state index in [2.05, 4.69) is 61.2 Å². The molecule has 3 heteroatoms. The molecule has 0 spiro atoms. The van der Waals surface area contributed by atoms with E-state index in [1.54, 1.807) is 0 Å². The molecule has 0 atom stereocenters. The topological polar surface area (TPSA) is 43.0 Å². The van der Waals surface area contributed by atoms with Crippen LogP contribution in [0, 0.1) is 0 Å². The third kappa shape index (κ3) is 2.21. The Morgan fingerprint density at radius 2 is 2.00 bits per heavy atom. The van der Waals surface area contributed by atoms with Crippen LogP contribution >= 0.6 is 0 Å². The number of aryl methyl sites for hydroxylation is 1. The van der Waals surface area contributed by atoms with Crippen LogP contribution in [0.3, 0.4) is 0 Å². The Morgan fingerprint density at radius 1 is 1.29 bits per heavy atom. The predicted octanol–water partition coefficient (Wildman–Crippen LogP) is 1.96. The Hall–Kier alpha value is -1.32. The van der Waals surface area contributed by atoms with E-state index in [0.29, 0.717) is 6.67 Å². The van der Waals surface area contributed by atoms with Gasteiger partial charge in [0.15, 0.2) is 0 Å². The Balaban J connectivity index is 2.48. The van der Waals surface area contributed by atoms with Crippen LogP contribution in [0.5, 0.6) is 0 Å². The zero-order valence-electron chi connectivity index (χ0n) is 10.8. The molecule has 0 bridgehead atoms. The summed E-state index contributed by atoms with van der Waals surface area (Å²) in [7, 11) is 2.10. The summed E-state index contributed by atoms with van der Waals surface area (Å²) < 4.78 is 2.19. The Kier molecular flexibility index (Phi) is 3.22. The SMILES string of the molecule is Cn1cc(C(C)(C)CNCN)c2ccccc21. The quantitative estimate of drug-likeness (QED) is 0.790. The van der Waals surface area contributed by atoms with Gasteiger partial charge in [0.05, 0.1) is 0 Å². The third-order valence-corrected chi connectivity index (χ3v) is 3.34. The zero-order valence-corrected chi connectivity index (χ0v) is 10.8. The van der Waals surface area contributed by atoms with Crippen molar-refractivity contribution in [3.8, 4) is 0 Å². The molecule has 0 amide bonds. The van der Waals surface area contributed by atoms with Gasteiger partial charge in [-0.25, -0.2) is 0 Å². The van der Waals surface area contributed by atoms with E-state index < -0.39 is 0 Å². The fourth-order valence-corrected chi connectivity index (χ4v) is 2.36. The highest BCUT2D eigenvalue weighted by Crippen LogP contribution is 2.31. The first-order chi connectivity index (χ1) is 8.06. The fraction of sp³-hybridized carbons (Fsp3) is 0.429. The molecular formula is C14H21N3. The lowest BCUT2D eigenvalue weighted by Crippen LogP contribution is -2.35. The highest BCUT2D eigenvalue weighted by molar-refractivity contribution is 5.85. The summed E-state index contributed by atoms with van der Waals surface area (Å²) in [6.45, 7) is 5.90. The van der Waals surface area contributed by atoms with Crippen LogP contribution in [0.1, 0.15) is 19.4 Å². The molecular weight excluding hydrogens is 210 g/mol. The van der Waals surface area contributed by atoms with Gasteiger partial charge in [-0.3, -0.25) is 0 Å². The van der Waals surface area contributed by atoms with E-state index in [0.717, 1.165) is 6.54 Å². The normalized spacial score (nSPS) is 12.2. The molecule has 0 unspecified atom stereocenters. The summed E-state index contributed by atoms with van der Waals surface area (Å²) in [4.78, 5) is 0. The molecule has 1 aromatic heterocycles. The molecule has 1 heterocycles. The lowest BCUT2D eigenvalue weighted by atomic mass is 9.84.